The van der Waals surface area contributed by atoms with Gasteiger partial charge < -0.3 is 5.32 Å². The summed E-state index contributed by atoms with van der Waals surface area (Å²) in [6.07, 6.45) is 5.44. The van der Waals surface area contributed by atoms with E-state index in [0.29, 0.717) is 0 Å². The van der Waals surface area contributed by atoms with Crippen LogP contribution in [-0.2, 0) is 6.54 Å². The van der Waals surface area contributed by atoms with Gasteiger partial charge in [0.25, 0.3) is 0 Å². The molecule has 1 aromatic carbocycles. The first kappa shape index (κ1) is 11.0. The summed E-state index contributed by atoms with van der Waals surface area (Å²) in [5.74, 6) is 0. The molecule has 0 unspecified atom stereocenters. The van der Waals surface area contributed by atoms with Gasteiger partial charge in [0.2, 0.25) is 0 Å². The lowest BCUT2D eigenvalue weighted by Crippen LogP contribution is -1.97. The minimum Gasteiger partial charge on any atom is -0.381 e. The number of anilines is 1. The maximum Gasteiger partial charge on any atom is 0.0543 e. The monoisotopic (exact) mass is 277 g/mol. The number of hydrogen-bond donors (Lipinski definition) is 1. The molecule has 82 valence electrons. The summed E-state index contributed by atoms with van der Waals surface area (Å²) in [5, 5.41) is 7.43. The van der Waals surface area contributed by atoms with Crippen LogP contribution in [0.5, 0.6) is 0 Å². The molecule has 0 saturated heterocycles. The molecule has 1 aromatic heterocycles. The first-order chi connectivity index (χ1) is 7.78. The number of rotatable bonds is 4. The molecule has 0 aliphatic carbocycles. The Bertz CT molecular complexity index is 473. The molecule has 0 radical (unpaired) electrons. The normalized spacial score (nSPS) is 10.1. The molecule has 1 heterocycles. The van der Waals surface area contributed by atoms with Crippen molar-refractivity contribution in [2.24, 2.45) is 0 Å². The zero-order valence-corrected chi connectivity index (χ0v) is 10.3. The second kappa shape index (κ2) is 4.99. The standard InChI is InChI=1S/C12H12BrN3/c1-2-16-9-10(8-15-16)7-14-12-5-3-11(13)4-6-12/h2-6,8-9,14H,1,7H2. The summed E-state index contributed by atoms with van der Waals surface area (Å²) in [5.41, 5.74) is 2.22. The Morgan fingerprint density at radius 1 is 1.38 bits per heavy atom. The van der Waals surface area contributed by atoms with Crippen molar-refractivity contribution in [3.05, 3.63) is 53.3 Å². The lowest BCUT2D eigenvalue weighted by molar-refractivity contribution is 0.936. The van der Waals surface area contributed by atoms with Gasteiger partial charge in [-0.1, -0.05) is 22.5 Å². The van der Waals surface area contributed by atoms with Gasteiger partial charge >= 0.3 is 0 Å². The molecule has 3 nitrogen and oxygen atoms in total. The Kier molecular flexibility index (Phi) is 3.41. The average molecular weight is 278 g/mol. The van der Waals surface area contributed by atoms with Crippen LogP contribution in [0.15, 0.2) is 47.7 Å². The third-order valence-electron chi connectivity index (χ3n) is 2.18. The maximum atomic E-state index is 4.11. The van der Waals surface area contributed by atoms with E-state index in [4.69, 9.17) is 0 Å². The van der Waals surface area contributed by atoms with Crippen LogP contribution in [-0.4, -0.2) is 9.78 Å². The number of halogens is 1. The predicted octanol–water partition coefficient (Wildman–Crippen LogP) is 3.36. The quantitative estimate of drug-likeness (QED) is 0.929. The highest BCUT2D eigenvalue weighted by atomic mass is 79.9. The molecule has 0 atom stereocenters. The van der Waals surface area contributed by atoms with E-state index in [1.807, 2.05) is 36.7 Å². The molecule has 0 bridgehead atoms. The summed E-state index contributed by atoms with van der Waals surface area (Å²) in [7, 11) is 0. The summed E-state index contributed by atoms with van der Waals surface area (Å²) in [4.78, 5) is 0. The highest BCUT2D eigenvalue weighted by Crippen LogP contribution is 2.14. The molecule has 0 aliphatic rings. The second-order valence-electron chi connectivity index (χ2n) is 3.37. The van der Waals surface area contributed by atoms with E-state index >= 15 is 0 Å². The highest BCUT2D eigenvalue weighted by Gasteiger charge is 1.96. The fourth-order valence-electron chi connectivity index (χ4n) is 1.34. The number of aromatic nitrogens is 2. The molecule has 0 spiro atoms. The van der Waals surface area contributed by atoms with Crippen molar-refractivity contribution in [1.82, 2.24) is 9.78 Å². The Hall–Kier alpha value is -1.55. The topological polar surface area (TPSA) is 29.9 Å². The first-order valence-electron chi connectivity index (χ1n) is 4.93. The minimum atomic E-state index is 0.759. The van der Waals surface area contributed by atoms with Crippen molar-refractivity contribution >= 4 is 27.8 Å². The summed E-state index contributed by atoms with van der Waals surface area (Å²) < 4.78 is 2.77. The first-order valence-corrected chi connectivity index (χ1v) is 5.72. The second-order valence-corrected chi connectivity index (χ2v) is 4.29. The molecular formula is C12H12BrN3. The van der Waals surface area contributed by atoms with Gasteiger partial charge in [0.05, 0.1) is 6.20 Å². The van der Waals surface area contributed by atoms with Crippen LogP contribution in [0.3, 0.4) is 0 Å². The van der Waals surface area contributed by atoms with Crippen LogP contribution in [0, 0.1) is 0 Å². The molecule has 0 amide bonds. The molecule has 0 fully saturated rings. The van der Waals surface area contributed by atoms with Crippen molar-refractivity contribution < 1.29 is 0 Å². The molecule has 0 saturated carbocycles. The van der Waals surface area contributed by atoms with Gasteiger partial charge in [0, 0.05) is 34.7 Å². The Labute approximate surface area is 103 Å². The fraction of sp³-hybridized carbons (Fsp3) is 0.0833. The van der Waals surface area contributed by atoms with Crippen LogP contribution in [0.25, 0.3) is 6.20 Å². The van der Waals surface area contributed by atoms with Gasteiger partial charge in [-0.2, -0.15) is 5.10 Å². The van der Waals surface area contributed by atoms with Crippen molar-refractivity contribution in [3.63, 3.8) is 0 Å². The Morgan fingerprint density at radius 2 is 2.12 bits per heavy atom. The molecular weight excluding hydrogens is 266 g/mol. The lowest BCUT2D eigenvalue weighted by atomic mass is 10.3. The Morgan fingerprint density at radius 3 is 2.75 bits per heavy atom. The van der Waals surface area contributed by atoms with Gasteiger partial charge in [0.15, 0.2) is 0 Å². The van der Waals surface area contributed by atoms with Crippen molar-refractivity contribution in [1.29, 1.82) is 0 Å². The van der Waals surface area contributed by atoms with Crippen LogP contribution in [0.1, 0.15) is 5.56 Å². The predicted molar refractivity (Wildman–Crippen MR) is 70.1 cm³/mol. The van der Waals surface area contributed by atoms with Gasteiger partial charge in [-0.3, -0.25) is 0 Å². The van der Waals surface area contributed by atoms with Crippen molar-refractivity contribution in [3.8, 4) is 0 Å². The molecule has 1 N–H and O–H groups in total. The van der Waals surface area contributed by atoms with E-state index in [-0.39, 0.29) is 0 Å². The van der Waals surface area contributed by atoms with Gasteiger partial charge in [-0.05, 0) is 24.3 Å². The van der Waals surface area contributed by atoms with E-state index in [0.717, 1.165) is 22.3 Å². The zero-order chi connectivity index (χ0) is 11.4. The van der Waals surface area contributed by atoms with E-state index in [9.17, 15) is 0 Å². The summed E-state index contributed by atoms with van der Waals surface area (Å²) in [6, 6.07) is 8.08. The van der Waals surface area contributed by atoms with E-state index in [2.05, 4.69) is 32.9 Å². The number of nitrogens with one attached hydrogen (secondary N) is 1. The lowest BCUT2D eigenvalue weighted by Gasteiger charge is -2.04. The minimum absolute atomic E-state index is 0.759. The molecule has 4 heteroatoms. The maximum absolute atomic E-state index is 4.11. The van der Waals surface area contributed by atoms with Crippen molar-refractivity contribution in [2.45, 2.75) is 6.54 Å². The van der Waals surface area contributed by atoms with Gasteiger partial charge in [-0.15, -0.1) is 0 Å². The summed E-state index contributed by atoms with van der Waals surface area (Å²) >= 11 is 3.40. The largest absolute Gasteiger partial charge is 0.381 e. The highest BCUT2D eigenvalue weighted by molar-refractivity contribution is 9.10. The van der Waals surface area contributed by atoms with E-state index in [1.165, 1.54) is 0 Å². The van der Waals surface area contributed by atoms with Crippen LogP contribution in [0.2, 0.25) is 0 Å². The number of hydrogen-bond acceptors (Lipinski definition) is 2. The van der Waals surface area contributed by atoms with Crippen molar-refractivity contribution in [2.75, 3.05) is 5.32 Å². The Balaban J connectivity index is 1.96. The van der Waals surface area contributed by atoms with Gasteiger partial charge in [-0.25, -0.2) is 4.68 Å². The van der Waals surface area contributed by atoms with E-state index in [1.54, 1.807) is 10.9 Å². The average Bonchev–Trinajstić information content (AvgIpc) is 2.76. The molecule has 0 aliphatic heterocycles. The zero-order valence-electron chi connectivity index (χ0n) is 8.73. The van der Waals surface area contributed by atoms with Crippen LogP contribution in [0.4, 0.5) is 5.69 Å². The van der Waals surface area contributed by atoms with E-state index < -0.39 is 0 Å². The molecule has 16 heavy (non-hydrogen) atoms. The van der Waals surface area contributed by atoms with Crippen LogP contribution >= 0.6 is 15.9 Å². The number of benzene rings is 1. The smallest absolute Gasteiger partial charge is 0.0543 e. The summed E-state index contributed by atoms with van der Waals surface area (Å²) in [6.45, 7) is 4.41. The van der Waals surface area contributed by atoms with Gasteiger partial charge in [0.1, 0.15) is 0 Å². The third kappa shape index (κ3) is 2.73. The molecule has 2 aromatic rings. The van der Waals surface area contributed by atoms with Crippen LogP contribution < -0.4 is 5.32 Å². The third-order valence-corrected chi connectivity index (χ3v) is 2.71. The SMILES string of the molecule is C=Cn1cc(CNc2ccc(Br)cc2)cn1. The number of nitrogens with zero attached hydrogens (tertiary/aromatic N) is 2. The fourth-order valence-corrected chi connectivity index (χ4v) is 1.60. The molecule has 2 rings (SSSR count).